The van der Waals surface area contributed by atoms with Gasteiger partial charge in [-0.15, -0.1) is 0 Å². The van der Waals surface area contributed by atoms with Crippen LogP contribution in [0.15, 0.2) is 47.7 Å². The lowest BCUT2D eigenvalue weighted by Crippen LogP contribution is -2.48. The van der Waals surface area contributed by atoms with Crippen LogP contribution in [0.2, 0.25) is 0 Å². The number of methoxy groups -OCH3 is 1. The highest BCUT2D eigenvalue weighted by Crippen LogP contribution is 2.40. The summed E-state index contributed by atoms with van der Waals surface area (Å²) in [6.07, 6.45) is 0. The number of carbonyl (C=O) groups is 2. The van der Waals surface area contributed by atoms with Gasteiger partial charge in [-0.3, -0.25) is 4.90 Å². The van der Waals surface area contributed by atoms with Crippen LogP contribution in [-0.4, -0.2) is 25.9 Å². The van der Waals surface area contributed by atoms with Crippen LogP contribution < -0.4 is 19.7 Å². The highest BCUT2D eigenvalue weighted by atomic mass is 19.1. The maximum Gasteiger partial charge on any atom is 0.337 e. The fourth-order valence-electron chi connectivity index (χ4n) is 3.46. The Kier molecular flexibility index (Phi) is 4.57. The van der Waals surface area contributed by atoms with Crippen molar-refractivity contribution >= 4 is 17.7 Å². The Bertz CT molecular complexity index is 1030. The Hall–Kier alpha value is -3.62. The fraction of sp³-hybridized carbons (Fsp3) is 0.200. The van der Waals surface area contributed by atoms with E-state index in [1.807, 2.05) is 0 Å². The Balaban J connectivity index is 1.86. The molecule has 0 saturated carbocycles. The Morgan fingerprint density at radius 3 is 2.55 bits per heavy atom. The Labute approximate surface area is 164 Å². The summed E-state index contributed by atoms with van der Waals surface area (Å²) in [5.41, 5.74) is 0.0323. The number of nitrogens with one attached hydrogen (secondary N) is 1. The number of hydrogen-bond donors (Lipinski definition) is 1. The molecule has 2 heterocycles. The van der Waals surface area contributed by atoms with Gasteiger partial charge in [-0.05, 0) is 31.2 Å². The molecule has 29 heavy (non-hydrogen) atoms. The van der Waals surface area contributed by atoms with Gasteiger partial charge in [0.2, 0.25) is 6.79 Å². The molecular weight excluding hydrogens is 386 g/mol. The summed E-state index contributed by atoms with van der Waals surface area (Å²) >= 11 is 0. The Morgan fingerprint density at radius 2 is 1.86 bits per heavy atom. The molecule has 2 aliphatic heterocycles. The van der Waals surface area contributed by atoms with Crippen LogP contribution in [0.4, 0.5) is 19.3 Å². The molecule has 2 amide bonds. The quantitative estimate of drug-likeness (QED) is 0.797. The number of fused-ring (bicyclic) bond motifs is 1. The number of hydrogen-bond acceptors (Lipinski definition) is 5. The summed E-state index contributed by atoms with van der Waals surface area (Å²) < 4.78 is 44.2. The minimum Gasteiger partial charge on any atom is -0.466 e. The van der Waals surface area contributed by atoms with Crippen molar-refractivity contribution in [2.75, 3.05) is 18.8 Å². The fourth-order valence-corrected chi connectivity index (χ4v) is 3.46. The molecule has 2 aromatic carbocycles. The minimum atomic E-state index is -1.35. The first-order chi connectivity index (χ1) is 13.9. The second kappa shape index (κ2) is 7.08. The molecule has 0 saturated heterocycles. The van der Waals surface area contributed by atoms with E-state index in [0.29, 0.717) is 17.2 Å². The zero-order chi connectivity index (χ0) is 20.7. The number of carbonyl (C=O) groups excluding carboxylic acids is 2. The number of amides is 2. The van der Waals surface area contributed by atoms with E-state index in [9.17, 15) is 18.4 Å². The molecule has 1 N–H and O–H groups in total. The summed E-state index contributed by atoms with van der Waals surface area (Å²) in [6, 6.07) is 6.10. The summed E-state index contributed by atoms with van der Waals surface area (Å²) in [5.74, 6) is -1.64. The zero-order valence-electron chi connectivity index (χ0n) is 15.5. The molecule has 4 rings (SSSR count). The van der Waals surface area contributed by atoms with Gasteiger partial charge in [0.1, 0.15) is 11.6 Å². The van der Waals surface area contributed by atoms with E-state index < -0.39 is 35.2 Å². The molecule has 0 unspecified atom stereocenters. The number of rotatable bonds is 3. The summed E-state index contributed by atoms with van der Waals surface area (Å²) in [4.78, 5) is 26.6. The van der Waals surface area contributed by atoms with E-state index in [1.165, 1.54) is 17.9 Å². The summed E-state index contributed by atoms with van der Waals surface area (Å²) in [6.45, 7) is 1.56. The molecule has 0 spiro atoms. The second-order valence-electron chi connectivity index (χ2n) is 6.38. The third-order valence-electron chi connectivity index (χ3n) is 4.79. The molecule has 2 aliphatic rings. The van der Waals surface area contributed by atoms with Gasteiger partial charge in [-0.25, -0.2) is 18.4 Å². The lowest BCUT2D eigenvalue weighted by molar-refractivity contribution is -0.136. The topological polar surface area (TPSA) is 77.1 Å². The molecule has 150 valence electrons. The van der Waals surface area contributed by atoms with Gasteiger partial charge in [-0.1, -0.05) is 6.07 Å². The largest absolute Gasteiger partial charge is 0.466 e. The number of halogens is 2. The first-order valence-corrected chi connectivity index (χ1v) is 8.65. The molecule has 0 radical (unpaired) electrons. The monoisotopic (exact) mass is 402 g/mol. The summed E-state index contributed by atoms with van der Waals surface area (Å²) in [5, 5.41) is 2.50. The van der Waals surface area contributed by atoms with Crippen molar-refractivity contribution in [1.82, 2.24) is 5.32 Å². The molecule has 0 bridgehead atoms. The number of nitrogens with zero attached hydrogens (tertiary/aromatic N) is 1. The van der Waals surface area contributed by atoms with Crippen LogP contribution >= 0.6 is 0 Å². The predicted octanol–water partition coefficient (Wildman–Crippen LogP) is 3.41. The average Bonchev–Trinajstić information content (AvgIpc) is 3.15. The number of urea groups is 1. The maximum absolute atomic E-state index is 14.4. The van der Waals surface area contributed by atoms with Gasteiger partial charge in [0, 0.05) is 11.8 Å². The van der Waals surface area contributed by atoms with Gasteiger partial charge in [0.25, 0.3) is 0 Å². The van der Waals surface area contributed by atoms with Gasteiger partial charge in [-0.2, -0.15) is 0 Å². The molecule has 0 fully saturated rings. The highest BCUT2D eigenvalue weighted by molar-refractivity contribution is 6.03. The van der Waals surface area contributed by atoms with Crippen molar-refractivity contribution in [3.8, 4) is 11.5 Å². The van der Waals surface area contributed by atoms with E-state index >= 15 is 0 Å². The third kappa shape index (κ3) is 3.04. The van der Waals surface area contributed by atoms with Crippen molar-refractivity contribution in [3.63, 3.8) is 0 Å². The lowest BCUT2D eigenvalue weighted by atomic mass is 9.93. The van der Waals surface area contributed by atoms with Crippen LogP contribution in [0.5, 0.6) is 11.5 Å². The Morgan fingerprint density at radius 1 is 1.17 bits per heavy atom. The molecule has 0 aromatic heterocycles. The number of anilines is 1. The normalized spacial score (nSPS) is 18.0. The van der Waals surface area contributed by atoms with Gasteiger partial charge in [0.15, 0.2) is 11.5 Å². The van der Waals surface area contributed by atoms with Gasteiger partial charge >= 0.3 is 12.0 Å². The number of allylic oxidation sites excluding steroid dienone is 1. The minimum absolute atomic E-state index is 0.0574. The van der Waals surface area contributed by atoms with Crippen molar-refractivity contribution in [1.29, 1.82) is 0 Å². The third-order valence-corrected chi connectivity index (χ3v) is 4.79. The molecule has 0 aliphatic carbocycles. The van der Waals surface area contributed by atoms with E-state index in [0.717, 1.165) is 19.2 Å². The molecule has 2 aromatic rings. The van der Waals surface area contributed by atoms with Crippen molar-refractivity contribution < 1.29 is 32.6 Å². The average molecular weight is 402 g/mol. The standard InChI is InChI=1S/C20H16F2N2O5/c1-10-16(19(25)27-2)18(17-12(21)4-3-5-13(17)22)23-20(26)24(10)11-6-7-14-15(8-11)29-9-28-14/h3-8,18H,9H2,1-2H3,(H,23,26)/t18-/m1/s1. The van der Waals surface area contributed by atoms with Crippen molar-refractivity contribution in [2.24, 2.45) is 0 Å². The van der Waals surface area contributed by atoms with Crippen molar-refractivity contribution in [3.05, 3.63) is 64.9 Å². The molecule has 1 atom stereocenters. The van der Waals surface area contributed by atoms with Crippen LogP contribution in [-0.2, 0) is 9.53 Å². The summed E-state index contributed by atoms with van der Waals surface area (Å²) in [7, 11) is 1.15. The smallest absolute Gasteiger partial charge is 0.337 e. The first kappa shape index (κ1) is 18.7. The highest BCUT2D eigenvalue weighted by Gasteiger charge is 2.39. The molecule has 9 heteroatoms. The maximum atomic E-state index is 14.4. The van der Waals surface area contributed by atoms with Crippen LogP contribution in [0.1, 0.15) is 18.5 Å². The molecule has 7 nitrogen and oxygen atoms in total. The second-order valence-corrected chi connectivity index (χ2v) is 6.38. The van der Waals surface area contributed by atoms with Crippen LogP contribution in [0.25, 0.3) is 0 Å². The lowest BCUT2D eigenvalue weighted by Gasteiger charge is -2.35. The SMILES string of the molecule is COC(=O)C1=C(C)N(c2ccc3c(c2)OCO3)C(=O)N[C@H]1c1c(F)cccc1F. The van der Waals surface area contributed by atoms with E-state index in [2.05, 4.69) is 5.32 Å². The van der Waals surface area contributed by atoms with Crippen molar-refractivity contribution in [2.45, 2.75) is 13.0 Å². The van der Waals surface area contributed by atoms with Gasteiger partial charge < -0.3 is 19.5 Å². The zero-order valence-corrected chi connectivity index (χ0v) is 15.5. The number of ether oxygens (including phenoxy) is 3. The number of benzene rings is 2. The van der Waals surface area contributed by atoms with E-state index in [4.69, 9.17) is 14.2 Å². The van der Waals surface area contributed by atoms with Gasteiger partial charge in [0.05, 0.1) is 30.0 Å². The predicted molar refractivity (Wildman–Crippen MR) is 97.4 cm³/mol. The first-order valence-electron chi connectivity index (χ1n) is 8.65. The van der Waals surface area contributed by atoms with E-state index in [1.54, 1.807) is 18.2 Å². The van der Waals surface area contributed by atoms with E-state index in [-0.39, 0.29) is 18.1 Å². The van der Waals surface area contributed by atoms with Crippen LogP contribution in [0, 0.1) is 11.6 Å². The van der Waals surface area contributed by atoms with Crippen LogP contribution in [0.3, 0.4) is 0 Å². The number of esters is 1. The molecular formula is C20H16F2N2O5.